The van der Waals surface area contributed by atoms with Crippen LogP contribution in [0.4, 0.5) is 0 Å². The van der Waals surface area contributed by atoms with Crippen molar-refractivity contribution in [2.75, 3.05) is 7.11 Å². The van der Waals surface area contributed by atoms with E-state index < -0.39 is 17.0 Å². The Bertz CT molecular complexity index is 553. The van der Waals surface area contributed by atoms with Gasteiger partial charge in [0, 0.05) is 5.92 Å². The Kier molecular flexibility index (Phi) is 3.83. The number of carbonyl (C=O) groups excluding carboxylic acids is 2. The number of ketones is 1. The summed E-state index contributed by atoms with van der Waals surface area (Å²) in [5, 5.41) is 0. The lowest BCUT2D eigenvalue weighted by atomic mass is 9.95. The Labute approximate surface area is 125 Å². The van der Waals surface area contributed by atoms with Crippen molar-refractivity contribution < 1.29 is 19.1 Å². The second kappa shape index (κ2) is 5.17. The van der Waals surface area contributed by atoms with E-state index in [0.717, 1.165) is 11.3 Å². The minimum absolute atomic E-state index is 0.101. The summed E-state index contributed by atoms with van der Waals surface area (Å²) in [6.07, 6.45) is 0.517. The lowest BCUT2D eigenvalue weighted by Crippen LogP contribution is -2.34. The molecule has 0 heterocycles. The van der Waals surface area contributed by atoms with Gasteiger partial charge in [-0.3, -0.25) is 9.59 Å². The molecule has 0 aliphatic heterocycles. The Balaban J connectivity index is 2.23. The first-order valence-electron chi connectivity index (χ1n) is 7.09. The summed E-state index contributed by atoms with van der Waals surface area (Å²) in [5.41, 5.74) is -0.633. The highest BCUT2D eigenvalue weighted by molar-refractivity contribution is 6.07. The van der Waals surface area contributed by atoms with Crippen molar-refractivity contribution in [1.29, 1.82) is 0 Å². The normalized spacial score (nSPS) is 24.3. The molecule has 4 nitrogen and oxygen atoms in total. The minimum atomic E-state index is -1.01. The molecule has 0 saturated heterocycles. The van der Waals surface area contributed by atoms with E-state index in [2.05, 4.69) is 0 Å². The van der Waals surface area contributed by atoms with Gasteiger partial charge in [-0.15, -0.1) is 0 Å². The van der Waals surface area contributed by atoms with E-state index in [0.29, 0.717) is 6.42 Å². The van der Waals surface area contributed by atoms with Crippen LogP contribution in [0.3, 0.4) is 0 Å². The first kappa shape index (κ1) is 15.5. The second-order valence-corrected chi connectivity index (χ2v) is 6.56. The molecule has 0 unspecified atom stereocenters. The Morgan fingerprint density at radius 3 is 2.19 bits per heavy atom. The lowest BCUT2D eigenvalue weighted by molar-refractivity contribution is -0.164. The van der Waals surface area contributed by atoms with Gasteiger partial charge in [0.05, 0.1) is 7.11 Å². The molecule has 0 aromatic heterocycles. The largest absolute Gasteiger partial charge is 0.497 e. The summed E-state index contributed by atoms with van der Waals surface area (Å²) in [4.78, 5) is 24.5. The molecule has 2 atom stereocenters. The smallest absolute Gasteiger partial charge is 0.320 e. The first-order chi connectivity index (χ1) is 9.70. The lowest BCUT2D eigenvalue weighted by Gasteiger charge is -2.23. The Morgan fingerprint density at radius 2 is 1.76 bits per heavy atom. The van der Waals surface area contributed by atoms with Crippen molar-refractivity contribution in [3.05, 3.63) is 29.8 Å². The van der Waals surface area contributed by atoms with Crippen LogP contribution in [0.1, 0.15) is 45.6 Å². The van der Waals surface area contributed by atoms with Gasteiger partial charge in [0.15, 0.2) is 0 Å². The molecule has 0 N–H and O–H groups in total. The molecular formula is C17H22O4. The molecule has 1 aliphatic carbocycles. The molecule has 1 fully saturated rings. The van der Waals surface area contributed by atoms with Crippen molar-refractivity contribution in [2.45, 2.75) is 45.6 Å². The van der Waals surface area contributed by atoms with Crippen LogP contribution >= 0.6 is 0 Å². The Morgan fingerprint density at radius 1 is 1.19 bits per heavy atom. The number of esters is 1. The fourth-order valence-corrected chi connectivity index (χ4v) is 2.63. The molecule has 114 valence electrons. The average Bonchev–Trinajstić information content (AvgIpc) is 3.13. The molecular weight excluding hydrogens is 268 g/mol. The number of benzene rings is 1. The van der Waals surface area contributed by atoms with Gasteiger partial charge in [-0.25, -0.2) is 0 Å². The van der Waals surface area contributed by atoms with Crippen LogP contribution in [0.5, 0.6) is 5.75 Å². The predicted octanol–water partition coefficient (Wildman–Crippen LogP) is 3.10. The summed E-state index contributed by atoms with van der Waals surface area (Å²) in [7, 11) is 1.60. The van der Waals surface area contributed by atoms with Gasteiger partial charge in [-0.2, -0.15) is 0 Å². The number of rotatable bonds is 4. The fourth-order valence-electron chi connectivity index (χ4n) is 2.63. The molecule has 1 aromatic rings. The molecule has 4 heteroatoms. The first-order valence-corrected chi connectivity index (χ1v) is 7.09. The SMILES string of the molecule is COc1ccc([C@@H]2C[C@@]2(C(C)=O)C(=O)OC(C)(C)C)cc1. The third-order valence-corrected chi connectivity index (χ3v) is 3.87. The topological polar surface area (TPSA) is 52.6 Å². The average molecular weight is 290 g/mol. The van der Waals surface area contributed by atoms with Crippen LogP contribution in [0.2, 0.25) is 0 Å². The zero-order valence-corrected chi connectivity index (χ0v) is 13.2. The van der Waals surface area contributed by atoms with Crippen LogP contribution in [0.25, 0.3) is 0 Å². The highest BCUT2D eigenvalue weighted by Crippen LogP contribution is 2.61. The maximum absolute atomic E-state index is 12.4. The Hall–Kier alpha value is -1.84. The van der Waals surface area contributed by atoms with Crippen molar-refractivity contribution in [3.63, 3.8) is 0 Å². The molecule has 1 saturated carbocycles. The van der Waals surface area contributed by atoms with E-state index in [1.807, 2.05) is 45.0 Å². The van der Waals surface area contributed by atoms with Gasteiger partial charge in [0.25, 0.3) is 0 Å². The molecule has 0 amide bonds. The minimum Gasteiger partial charge on any atom is -0.497 e. The van der Waals surface area contributed by atoms with Gasteiger partial charge < -0.3 is 9.47 Å². The van der Waals surface area contributed by atoms with Crippen molar-refractivity contribution >= 4 is 11.8 Å². The van der Waals surface area contributed by atoms with Crippen LogP contribution in [0.15, 0.2) is 24.3 Å². The van der Waals surface area contributed by atoms with E-state index in [4.69, 9.17) is 9.47 Å². The number of carbonyl (C=O) groups is 2. The number of hydrogen-bond acceptors (Lipinski definition) is 4. The molecule has 1 aliphatic rings. The summed E-state index contributed by atoms with van der Waals surface area (Å²) in [5.74, 6) is 0.113. The van der Waals surface area contributed by atoms with Gasteiger partial charge in [-0.1, -0.05) is 12.1 Å². The third-order valence-electron chi connectivity index (χ3n) is 3.87. The summed E-state index contributed by atoms with van der Waals surface area (Å²) in [6.45, 7) is 6.89. The molecule has 0 radical (unpaired) electrons. The predicted molar refractivity (Wildman–Crippen MR) is 79.3 cm³/mol. The van der Waals surface area contributed by atoms with Gasteiger partial charge in [0.1, 0.15) is 22.5 Å². The molecule has 0 bridgehead atoms. The highest BCUT2D eigenvalue weighted by Gasteiger charge is 2.65. The number of Topliss-reactive ketones (excluding diaryl/α,β-unsaturated/α-hetero) is 1. The van der Waals surface area contributed by atoms with Crippen LogP contribution < -0.4 is 4.74 Å². The summed E-state index contributed by atoms with van der Waals surface area (Å²) >= 11 is 0. The third kappa shape index (κ3) is 2.94. The maximum atomic E-state index is 12.4. The molecule has 0 spiro atoms. The van der Waals surface area contributed by atoms with Gasteiger partial charge in [-0.05, 0) is 51.8 Å². The van der Waals surface area contributed by atoms with Crippen LogP contribution in [-0.2, 0) is 14.3 Å². The summed E-state index contributed by atoms with van der Waals surface area (Å²) < 4.78 is 10.6. The number of methoxy groups -OCH3 is 1. The number of ether oxygens (including phenoxy) is 2. The second-order valence-electron chi connectivity index (χ2n) is 6.56. The van der Waals surface area contributed by atoms with Crippen molar-refractivity contribution in [2.24, 2.45) is 5.41 Å². The standard InChI is InChI=1S/C17H22O4/c1-11(18)17(15(19)21-16(2,3)4)10-14(17)12-6-8-13(20-5)9-7-12/h6-9,14H,10H2,1-5H3/t14-,17-/m0/s1. The van der Waals surface area contributed by atoms with Crippen molar-refractivity contribution in [3.8, 4) is 5.75 Å². The van der Waals surface area contributed by atoms with E-state index >= 15 is 0 Å². The van der Waals surface area contributed by atoms with Gasteiger partial charge >= 0.3 is 5.97 Å². The van der Waals surface area contributed by atoms with Crippen LogP contribution in [0, 0.1) is 5.41 Å². The fraction of sp³-hybridized carbons (Fsp3) is 0.529. The van der Waals surface area contributed by atoms with E-state index in [-0.39, 0.29) is 11.7 Å². The monoisotopic (exact) mass is 290 g/mol. The molecule has 1 aromatic carbocycles. The highest BCUT2D eigenvalue weighted by atomic mass is 16.6. The van der Waals surface area contributed by atoms with Crippen molar-refractivity contribution in [1.82, 2.24) is 0 Å². The zero-order valence-electron chi connectivity index (χ0n) is 13.2. The van der Waals surface area contributed by atoms with E-state index in [1.165, 1.54) is 6.92 Å². The maximum Gasteiger partial charge on any atom is 0.320 e. The molecule has 2 rings (SSSR count). The van der Waals surface area contributed by atoms with Gasteiger partial charge in [0.2, 0.25) is 0 Å². The van der Waals surface area contributed by atoms with E-state index in [9.17, 15) is 9.59 Å². The summed E-state index contributed by atoms with van der Waals surface area (Å²) in [6, 6.07) is 7.48. The quantitative estimate of drug-likeness (QED) is 0.631. The number of hydrogen-bond donors (Lipinski definition) is 0. The van der Waals surface area contributed by atoms with E-state index in [1.54, 1.807) is 7.11 Å². The molecule has 21 heavy (non-hydrogen) atoms. The zero-order chi connectivity index (χ0) is 15.8. The van der Waals surface area contributed by atoms with Crippen LogP contribution in [-0.4, -0.2) is 24.5 Å².